The smallest absolute Gasteiger partial charge is 0.149 e. The predicted octanol–water partition coefficient (Wildman–Crippen LogP) is 0.824. The van der Waals surface area contributed by atoms with Crippen LogP contribution in [0.5, 0.6) is 0 Å². The molecule has 0 amide bonds. The minimum Gasteiger partial charge on any atom is -0.382 e. The molecule has 7 N–H and O–H groups in total. The Labute approximate surface area is 169 Å². The molecule has 0 aliphatic rings. The molecular weight excluding hydrogens is 356 g/mol. The third kappa shape index (κ3) is 8.27. The van der Waals surface area contributed by atoms with Gasteiger partial charge in [-0.2, -0.15) is 10.5 Å². The van der Waals surface area contributed by atoms with E-state index in [9.17, 15) is 0 Å². The first-order valence-electron chi connectivity index (χ1n) is 8.48. The summed E-state index contributed by atoms with van der Waals surface area (Å²) in [7, 11) is 15.1. The zero-order valence-corrected chi connectivity index (χ0v) is 18.4. The standard InChI is InChI=1S/C9H17N5.C9H16N4.H3N/c1-13(2)6-5-7(14(3)4)9(11)12-8(6)10;1-12(2)8(6-10)5-9(7-11)13(3)4;/h5H,1-4H3,(H4,10,11,12);8-9H,5H2,1-4H3;1H3. The topological polar surface area (TPSA) is 160 Å². The highest BCUT2D eigenvalue weighted by molar-refractivity contribution is 5.76. The highest BCUT2D eigenvalue weighted by Crippen LogP contribution is 2.29. The van der Waals surface area contributed by atoms with E-state index in [2.05, 4.69) is 17.1 Å². The highest BCUT2D eigenvalue weighted by Gasteiger charge is 2.18. The molecule has 0 bridgehead atoms. The fourth-order valence-corrected chi connectivity index (χ4v) is 2.21. The van der Waals surface area contributed by atoms with Crippen LogP contribution in [0.2, 0.25) is 0 Å². The van der Waals surface area contributed by atoms with E-state index in [4.69, 9.17) is 22.0 Å². The van der Waals surface area contributed by atoms with Gasteiger partial charge in [-0.15, -0.1) is 0 Å². The van der Waals surface area contributed by atoms with Crippen molar-refractivity contribution in [3.8, 4) is 12.1 Å². The molecule has 0 saturated carbocycles. The van der Waals surface area contributed by atoms with Crippen LogP contribution in [-0.4, -0.2) is 83.2 Å². The summed E-state index contributed by atoms with van der Waals surface area (Å²) in [4.78, 5) is 11.6. The Balaban J connectivity index is 0. The molecule has 1 rings (SSSR count). The second-order valence-corrected chi connectivity index (χ2v) is 7.04. The van der Waals surface area contributed by atoms with Gasteiger partial charge < -0.3 is 27.4 Å². The van der Waals surface area contributed by atoms with Gasteiger partial charge in [0.15, 0.2) is 0 Å². The van der Waals surface area contributed by atoms with Crippen molar-refractivity contribution in [2.75, 3.05) is 77.6 Å². The third-order valence-electron chi connectivity index (χ3n) is 3.99. The Morgan fingerprint density at radius 2 is 1.14 bits per heavy atom. The first-order valence-corrected chi connectivity index (χ1v) is 8.48. The molecule has 1 aromatic rings. The average molecular weight is 393 g/mol. The maximum Gasteiger partial charge on any atom is 0.149 e. The van der Waals surface area contributed by atoms with Gasteiger partial charge in [-0.25, -0.2) is 4.98 Å². The molecule has 0 aliphatic heterocycles. The summed E-state index contributed by atoms with van der Waals surface area (Å²) >= 11 is 0. The number of pyridine rings is 1. The Morgan fingerprint density at radius 1 is 0.821 bits per heavy atom. The van der Waals surface area contributed by atoms with Gasteiger partial charge in [0, 0.05) is 34.6 Å². The van der Waals surface area contributed by atoms with E-state index in [1.807, 2.05) is 82.0 Å². The Kier molecular flexibility index (Phi) is 12.3. The van der Waals surface area contributed by atoms with Crippen molar-refractivity contribution in [3.63, 3.8) is 0 Å². The van der Waals surface area contributed by atoms with E-state index in [1.54, 1.807) is 0 Å². The van der Waals surface area contributed by atoms with E-state index < -0.39 is 0 Å². The van der Waals surface area contributed by atoms with Crippen LogP contribution < -0.4 is 27.4 Å². The Hall–Kier alpha value is -2.79. The molecule has 0 fully saturated rings. The maximum absolute atomic E-state index is 8.80. The minimum absolute atomic E-state index is 0. The van der Waals surface area contributed by atoms with Gasteiger partial charge in [0.1, 0.15) is 11.6 Å². The van der Waals surface area contributed by atoms with Gasteiger partial charge in [-0.05, 0) is 34.3 Å². The Bertz CT molecular complexity index is 617. The lowest BCUT2D eigenvalue weighted by atomic mass is 10.1. The zero-order chi connectivity index (χ0) is 21.3. The number of aromatic nitrogens is 1. The number of rotatable bonds is 6. The molecule has 1 aromatic heterocycles. The van der Waals surface area contributed by atoms with Crippen molar-refractivity contribution in [3.05, 3.63) is 6.07 Å². The van der Waals surface area contributed by atoms with Crippen LogP contribution in [-0.2, 0) is 0 Å². The second-order valence-electron chi connectivity index (χ2n) is 7.04. The van der Waals surface area contributed by atoms with E-state index in [0.29, 0.717) is 18.1 Å². The summed E-state index contributed by atoms with van der Waals surface area (Å²) in [5, 5.41) is 17.6. The summed E-state index contributed by atoms with van der Waals surface area (Å²) in [5.41, 5.74) is 13.2. The van der Waals surface area contributed by atoms with Gasteiger partial charge in [-0.1, -0.05) is 0 Å². The van der Waals surface area contributed by atoms with Gasteiger partial charge in [0.05, 0.1) is 35.6 Å². The molecule has 0 spiro atoms. The molecule has 0 radical (unpaired) electrons. The number of hydrogen-bond acceptors (Lipinski definition) is 10. The predicted molar refractivity (Wildman–Crippen MR) is 118 cm³/mol. The lowest BCUT2D eigenvalue weighted by Crippen LogP contribution is -2.36. The molecule has 10 heteroatoms. The van der Waals surface area contributed by atoms with Crippen LogP contribution >= 0.6 is 0 Å². The van der Waals surface area contributed by atoms with Crippen molar-refractivity contribution in [1.29, 1.82) is 10.5 Å². The van der Waals surface area contributed by atoms with Crippen LogP contribution in [0.3, 0.4) is 0 Å². The summed E-state index contributed by atoms with van der Waals surface area (Å²) in [5.74, 6) is 0.913. The molecular formula is C18H36N10. The lowest BCUT2D eigenvalue weighted by Gasteiger charge is -2.23. The highest BCUT2D eigenvalue weighted by atomic mass is 15.1. The largest absolute Gasteiger partial charge is 0.382 e. The third-order valence-corrected chi connectivity index (χ3v) is 3.99. The van der Waals surface area contributed by atoms with Gasteiger partial charge in [0.2, 0.25) is 0 Å². The summed E-state index contributed by atoms with van der Waals surface area (Å²) in [6.45, 7) is 0. The average Bonchev–Trinajstić information content (AvgIpc) is 2.55. The fourth-order valence-electron chi connectivity index (χ4n) is 2.21. The summed E-state index contributed by atoms with van der Waals surface area (Å²) in [6, 6.07) is 5.89. The van der Waals surface area contributed by atoms with E-state index in [0.717, 1.165) is 11.4 Å². The SMILES string of the molecule is CN(C)C(C#N)CC(C#N)N(C)C.CN(C)c1cc(N(C)C)c(N)nc1N.N. The van der Waals surface area contributed by atoms with Crippen molar-refractivity contribution in [1.82, 2.24) is 20.9 Å². The molecule has 28 heavy (non-hydrogen) atoms. The normalized spacial score (nSPS) is 12.0. The first kappa shape index (κ1) is 27.4. The molecule has 2 unspecified atom stereocenters. The first-order chi connectivity index (χ1) is 12.5. The summed E-state index contributed by atoms with van der Waals surface area (Å²) < 4.78 is 0. The number of nitrogens with two attached hydrogens (primary N) is 2. The number of nitriles is 2. The molecule has 158 valence electrons. The lowest BCUT2D eigenvalue weighted by molar-refractivity contribution is 0.261. The maximum atomic E-state index is 8.80. The Morgan fingerprint density at radius 3 is 1.36 bits per heavy atom. The molecule has 2 atom stereocenters. The molecule has 10 nitrogen and oxygen atoms in total. The van der Waals surface area contributed by atoms with Crippen LogP contribution in [0, 0.1) is 22.7 Å². The quantitative estimate of drug-likeness (QED) is 0.632. The van der Waals surface area contributed by atoms with Crippen LogP contribution in [0.25, 0.3) is 0 Å². The van der Waals surface area contributed by atoms with Crippen molar-refractivity contribution >= 4 is 23.0 Å². The van der Waals surface area contributed by atoms with Crippen LogP contribution in [0.15, 0.2) is 6.07 Å². The van der Waals surface area contributed by atoms with Crippen LogP contribution in [0.4, 0.5) is 23.0 Å². The monoisotopic (exact) mass is 392 g/mol. The van der Waals surface area contributed by atoms with Crippen molar-refractivity contribution in [2.24, 2.45) is 0 Å². The number of anilines is 4. The van der Waals surface area contributed by atoms with E-state index in [1.165, 1.54) is 0 Å². The van der Waals surface area contributed by atoms with Gasteiger partial charge >= 0.3 is 0 Å². The second kappa shape index (κ2) is 12.6. The van der Waals surface area contributed by atoms with Crippen molar-refractivity contribution in [2.45, 2.75) is 18.5 Å². The minimum atomic E-state index is -0.188. The van der Waals surface area contributed by atoms with E-state index in [-0.39, 0.29) is 18.2 Å². The van der Waals surface area contributed by atoms with Gasteiger partial charge in [-0.3, -0.25) is 9.80 Å². The zero-order valence-electron chi connectivity index (χ0n) is 18.4. The number of hydrogen-bond donors (Lipinski definition) is 3. The number of nitrogens with zero attached hydrogens (tertiary/aromatic N) is 7. The summed E-state index contributed by atoms with van der Waals surface area (Å²) in [6.07, 6.45) is 0.562. The van der Waals surface area contributed by atoms with E-state index >= 15 is 0 Å². The van der Waals surface area contributed by atoms with Crippen LogP contribution in [0.1, 0.15) is 6.42 Å². The van der Waals surface area contributed by atoms with Gasteiger partial charge in [0.25, 0.3) is 0 Å². The number of nitrogen functional groups attached to an aromatic ring is 2. The molecule has 0 aliphatic carbocycles. The molecule has 0 aromatic carbocycles. The molecule has 0 saturated heterocycles. The molecule has 1 heterocycles. The fraction of sp³-hybridized carbons (Fsp3) is 0.611. The van der Waals surface area contributed by atoms with Crippen molar-refractivity contribution < 1.29 is 0 Å².